The van der Waals surface area contributed by atoms with E-state index >= 15 is 4.39 Å². The second kappa shape index (κ2) is 10.9. The third kappa shape index (κ3) is 5.11. The molecule has 0 radical (unpaired) electrons. The van der Waals surface area contributed by atoms with E-state index in [1.807, 2.05) is 51.2 Å². The maximum Gasteiger partial charge on any atom is 0.258 e. The zero-order chi connectivity index (χ0) is 27.7. The highest BCUT2D eigenvalue weighted by Crippen LogP contribution is 2.40. The van der Waals surface area contributed by atoms with Crippen molar-refractivity contribution in [1.29, 1.82) is 0 Å². The fourth-order valence-corrected chi connectivity index (χ4v) is 4.69. The highest BCUT2D eigenvalue weighted by atomic mass is 35.5. The number of rotatable bonds is 8. The van der Waals surface area contributed by atoms with Crippen molar-refractivity contribution in [2.75, 3.05) is 12.8 Å². The average molecular weight is 540 g/mol. The quantitative estimate of drug-likeness (QED) is 0.291. The number of halogens is 2. The molecule has 4 aromatic rings. The summed E-state index contributed by atoms with van der Waals surface area (Å²) in [6.45, 7) is 9.16. The van der Waals surface area contributed by atoms with E-state index in [-0.39, 0.29) is 22.4 Å². The Morgan fingerprint density at radius 1 is 1.18 bits per heavy atom. The van der Waals surface area contributed by atoms with Gasteiger partial charge in [-0.3, -0.25) is 9.20 Å². The van der Waals surface area contributed by atoms with Crippen molar-refractivity contribution in [3.05, 3.63) is 81.8 Å². The number of benzene rings is 2. The van der Waals surface area contributed by atoms with Crippen LogP contribution < -0.4 is 20.5 Å². The Labute approximate surface area is 225 Å². The molecule has 0 saturated heterocycles. The predicted molar refractivity (Wildman–Crippen MR) is 146 cm³/mol. The molecule has 8 nitrogen and oxygen atoms in total. The molecule has 38 heavy (non-hydrogen) atoms. The fourth-order valence-electron chi connectivity index (χ4n) is 4.47. The van der Waals surface area contributed by atoms with Crippen LogP contribution in [0.25, 0.3) is 5.52 Å². The Balaban J connectivity index is 1.80. The Morgan fingerprint density at radius 2 is 1.87 bits per heavy atom. The molecule has 0 bridgehead atoms. The van der Waals surface area contributed by atoms with Crippen LogP contribution in [0.4, 0.5) is 10.2 Å². The summed E-state index contributed by atoms with van der Waals surface area (Å²) in [5.41, 5.74) is 8.57. The summed E-state index contributed by atoms with van der Waals surface area (Å²) in [6, 6.07) is 8.33. The van der Waals surface area contributed by atoms with Gasteiger partial charge in [-0.2, -0.15) is 0 Å². The lowest BCUT2D eigenvalue weighted by molar-refractivity contribution is 0.0929. The highest BCUT2D eigenvalue weighted by molar-refractivity contribution is 6.31. The van der Waals surface area contributed by atoms with E-state index in [1.165, 1.54) is 6.07 Å². The number of nitrogens with one attached hydrogen (secondary N) is 1. The fraction of sp³-hybridized carbons (Fsp3) is 0.321. The van der Waals surface area contributed by atoms with Crippen LogP contribution in [0.1, 0.15) is 72.7 Å². The van der Waals surface area contributed by atoms with Crippen LogP contribution in [-0.4, -0.2) is 33.5 Å². The number of nitrogen functional groups attached to an aromatic ring is 1. The lowest BCUT2D eigenvalue weighted by Crippen LogP contribution is -2.29. The largest absolute Gasteiger partial charge is 0.497 e. The van der Waals surface area contributed by atoms with Crippen molar-refractivity contribution in [1.82, 2.24) is 19.7 Å². The highest BCUT2D eigenvalue weighted by Gasteiger charge is 2.30. The zero-order valence-corrected chi connectivity index (χ0v) is 22.9. The molecule has 10 heteroatoms. The smallest absolute Gasteiger partial charge is 0.258 e. The third-order valence-corrected chi connectivity index (χ3v) is 6.66. The molecule has 0 aliphatic rings. The van der Waals surface area contributed by atoms with Crippen molar-refractivity contribution in [3.63, 3.8) is 0 Å². The number of carbonyl (C=O) groups is 1. The molecule has 200 valence electrons. The number of carbonyl (C=O) groups excluding carboxylic acids is 1. The van der Waals surface area contributed by atoms with Gasteiger partial charge >= 0.3 is 0 Å². The van der Waals surface area contributed by atoms with Gasteiger partial charge in [0, 0.05) is 23.9 Å². The van der Waals surface area contributed by atoms with E-state index in [1.54, 1.807) is 31.6 Å². The first-order valence-corrected chi connectivity index (χ1v) is 12.6. The van der Waals surface area contributed by atoms with E-state index in [4.69, 9.17) is 31.8 Å². The third-order valence-electron chi connectivity index (χ3n) is 6.38. The first-order valence-electron chi connectivity index (χ1n) is 12.3. The molecular formula is C28H31ClFN5O3. The lowest BCUT2D eigenvalue weighted by atomic mass is 9.95. The van der Waals surface area contributed by atoms with Gasteiger partial charge in [0.25, 0.3) is 5.91 Å². The van der Waals surface area contributed by atoms with Gasteiger partial charge in [-0.15, -0.1) is 0 Å². The average Bonchev–Trinajstić information content (AvgIpc) is 3.22. The number of nitrogens with two attached hydrogens (primary N) is 1. The number of anilines is 1. The Morgan fingerprint density at radius 3 is 2.50 bits per heavy atom. The summed E-state index contributed by atoms with van der Waals surface area (Å²) in [6.07, 6.45) is 3.00. The van der Waals surface area contributed by atoms with Crippen LogP contribution in [0.2, 0.25) is 5.02 Å². The summed E-state index contributed by atoms with van der Waals surface area (Å²) < 4.78 is 28.7. The summed E-state index contributed by atoms with van der Waals surface area (Å²) >= 11 is 6.36. The maximum absolute atomic E-state index is 15.5. The first kappa shape index (κ1) is 27.2. The van der Waals surface area contributed by atoms with E-state index in [0.717, 1.165) is 5.56 Å². The molecule has 0 fully saturated rings. The van der Waals surface area contributed by atoms with Crippen molar-refractivity contribution >= 4 is 28.8 Å². The summed E-state index contributed by atoms with van der Waals surface area (Å²) in [7, 11) is 1.58. The SMILES string of the molecule is COc1ccc([C@@H](C)NC(=O)c2c(F)c(Cl)cc([C@H](C)c3nc(C)c4c(N)nccn34)c2OC(C)C)cc1. The van der Waals surface area contributed by atoms with Crippen molar-refractivity contribution in [2.24, 2.45) is 0 Å². The van der Waals surface area contributed by atoms with E-state index in [0.29, 0.717) is 34.2 Å². The molecule has 2 aromatic heterocycles. The molecule has 0 spiro atoms. The van der Waals surface area contributed by atoms with Crippen LogP contribution in [0.5, 0.6) is 11.5 Å². The molecular weight excluding hydrogens is 509 g/mol. The molecule has 2 atom stereocenters. The minimum Gasteiger partial charge on any atom is -0.497 e. The van der Waals surface area contributed by atoms with Gasteiger partial charge in [0.05, 0.1) is 30.0 Å². The van der Waals surface area contributed by atoms with Gasteiger partial charge < -0.3 is 20.5 Å². The molecule has 4 rings (SSSR count). The topological polar surface area (TPSA) is 104 Å². The standard InChI is InChI=1S/C28H31ClFN5O3/c1-14(2)38-25-20(15(3)27-33-17(5)24-26(31)32-11-12-35(24)27)13-21(29)23(30)22(25)28(36)34-16(4)18-7-9-19(37-6)10-8-18/h7-16H,1-6H3,(H2,31,32)(H,34,36)/t15-,16+/m0/s1. The zero-order valence-electron chi connectivity index (χ0n) is 22.2. The van der Waals surface area contributed by atoms with Crippen LogP contribution in [-0.2, 0) is 0 Å². The van der Waals surface area contributed by atoms with Crippen LogP contribution >= 0.6 is 11.6 Å². The number of nitrogens with zero attached hydrogens (tertiary/aromatic N) is 3. The summed E-state index contributed by atoms with van der Waals surface area (Å²) in [5, 5.41) is 2.68. The van der Waals surface area contributed by atoms with Gasteiger partial charge in [-0.05, 0) is 51.5 Å². The van der Waals surface area contributed by atoms with E-state index < -0.39 is 23.7 Å². The van der Waals surface area contributed by atoms with Crippen molar-refractivity contribution < 1.29 is 18.7 Å². The number of methoxy groups -OCH3 is 1. The predicted octanol–water partition coefficient (Wildman–Crippen LogP) is 5.85. The number of amides is 1. The molecule has 0 aliphatic carbocycles. The van der Waals surface area contributed by atoms with E-state index in [9.17, 15) is 4.79 Å². The normalized spacial score (nSPS) is 13.0. The summed E-state index contributed by atoms with van der Waals surface area (Å²) in [5.74, 6) is -0.148. The second-order valence-electron chi connectivity index (χ2n) is 9.41. The molecule has 0 unspecified atom stereocenters. The van der Waals surface area contributed by atoms with Crippen LogP contribution in [0, 0.1) is 12.7 Å². The maximum atomic E-state index is 15.5. The van der Waals surface area contributed by atoms with Crippen molar-refractivity contribution in [2.45, 2.75) is 52.7 Å². The number of hydrogen-bond donors (Lipinski definition) is 2. The number of aryl methyl sites for hydroxylation is 1. The number of ether oxygens (including phenoxy) is 2. The molecule has 0 saturated carbocycles. The Bertz CT molecular complexity index is 1490. The molecule has 0 aliphatic heterocycles. The molecule has 2 aromatic carbocycles. The number of hydrogen-bond acceptors (Lipinski definition) is 6. The van der Waals surface area contributed by atoms with Gasteiger partial charge in [-0.1, -0.05) is 30.7 Å². The Kier molecular flexibility index (Phi) is 7.78. The summed E-state index contributed by atoms with van der Waals surface area (Å²) in [4.78, 5) is 22.4. The monoisotopic (exact) mass is 539 g/mol. The minimum absolute atomic E-state index is 0.116. The number of imidazole rings is 1. The molecule has 2 heterocycles. The van der Waals surface area contributed by atoms with Crippen LogP contribution in [0.15, 0.2) is 42.7 Å². The Hall–Kier alpha value is -3.85. The van der Waals surface area contributed by atoms with Gasteiger partial charge in [0.1, 0.15) is 34.2 Å². The minimum atomic E-state index is -0.852. The van der Waals surface area contributed by atoms with Crippen LogP contribution in [0.3, 0.4) is 0 Å². The van der Waals surface area contributed by atoms with E-state index in [2.05, 4.69) is 10.3 Å². The van der Waals surface area contributed by atoms with Crippen molar-refractivity contribution in [3.8, 4) is 11.5 Å². The first-order chi connectivity index (χ1) is 18.0. The number of aromatic nitrogens is 3. The lowest BCUT2D eigenvalue weighted by Gasteiger charge is -2.23. The molecule has 1 amide bonds. The number of fused-ring (bicyclic) bond motifs is 1. The van der Waals surface area contributed by atoms with Gasteiger partial charge in [-0.25, -0.2) is 14.4 Å². The second-order valence-corrected chi connectivity index (χ2v) is 9.82. The van der Waals surface area contributed by atoms with Gasteiger partial charge in [0.15, 0.2) is 5.82 Å². The molecule has 3 N–H and O–H groups in total. The van der Waals surface area contributed by atoms with Gasteiger partial charge in [0.2, 0.25) is 0 Å².